The maximum absolute atomic E-state index is 12.8. The molecular weight excluding hydrogens is 418 g/mol. The number of aromatic nitrogens is 3. The third-order valence-electron chi connectivity index (χ3n) is 5.72. The van der Waals surface area contributed by atoms with Crippen molar-refractivity contribution in [3.05, 3.63) is 76.0 Å². The fourth-order valence-electron chi connectivity index (χ4n) is 3.86. The van der Waals surface area contributed by atoms with Crippen LogP contribution in [-0.2, 0) is 11.2 Å². The number of H-pyrrole nitrogens is 1. The number of benzene rings is 1. The minimum Gasteiger partial charge on any atom is -0.497 e. The van der Waals surface area contributed by atoms with E-state index in [1.54, 1.807) is 32.5 Å². The van der Waals surface area contributed by atoms with E-state index < -0.39 is 0 Å². The fourth-order valence-corrected chi connectivity index (χ4v) is 3.86. The summed E-state index contributed by atoms with van der Waals surface area (Å²) in [7, 11) is 1.64. The van der Waals surface area contributed by atoms with Crippen molar-refractivity contribution in [2.45, 2.75) is 33.2 Å². The Morgan fingerprint density at radius 1 is 1.21 bits per heavy atom. The normalized spacial score (nSPS) is 11.9. The second kappa shape index (κ2) is 11.4. The molecule has 0 radical (unpaired) electrons. The van der Waals surface area contributed by atoms with Crippen LogP contribution in [-0.4, -0.2) is 52.5 Å². The number of carbonyl (C=O) groups excluding carboxylic acids is 1. The van der Waals surface area contributed by atoms with Crippen molar-refractivity contribution in [2.24, 2.45) is 0 Å². The van der Waals surface area contributed by atoms with Crippen LogP contribution in [0, 0.1) is 6.92 Å². The van der Waals surface area contributed by atoms with Crippen LogP contribution in [0.3, 0.4) is 0 Å². The van der Waals surface area contributed by atoms with Gasteiger partial charge >= 0.3 is 0 Å². The summed E-state index contributed by atoms with van der Waals surface area (Å²) in [4.78, 5) is 39.0. The van der Waals surface area contributed by atoms with Gasteiger partial charge in [0.2, 0.25) is 5.91 Å². The van der Waals surface area contributed by atoms with Gasteiger partial charge in [-0.2, -0.15) is 0 Å². The Kier molecular flexibility index (Phi) is 8.32. The summed E-state index contributed by atoms with van der Waals surface area (Å²) in [5, 5.41) is 3.01. The van der Waals surface area contributed by atoms with Crippen molar-refractivity contribution in [1.29, 1.82) is 0 Å². The molecule has 0 fully saturated rings. The molecular formula is C25H31N5O3. The van der Waals surface area contributed by atoms with Crippen molar-refractivity contribution in [1.82, 2.24) is 25.2 Å². The fraction of sp³-hybridized carbons (Fsp3) is 0.360. The molecule has 1 atom stereocenters. The van der Waals surface area contributed by atoms with Crippen molar-refractivity contribution >= 4 is 5.91 Å². The highest BCUT2D eigenvalue weighted by atomic mass is 16.5. The van der Waals surface area contributed by atoms with Crippen molar-refractivity contribution < 1.29 is 9.53 Å². The lowest BCUT2D eigenvalue weighted by Crippen LogP contribution is -2.39. The van der Waals surface area contributed by atoms with E-state index in [0.717, 1.165) is 24.4 Å². The maximum atomic E-state index is 12.8. The van der Waals surface area contributed by atoms with E-state index in [1.165, 1.54) is 0 Å². The summed E-state index contributed by atoms with van der Waals surface area (Å²) in [5.41, 5.74) is 2.36. The van der Waals surface area contributed by atoms with E-state index in [4.69, 9.17) is 4.74 Å². The molecule has 0 aliphatic heterocycles. The number of methoxy groups -OCH3 is 1. The first-order valence-electron chi connectivity index (χ1n) is 11.1. The topological polar surface area (TPSA) is 100 Å². The molecule has 3 rings (SSSR count). The number of ether oxygens (including phenoxy) is 1. The van der Waals surface area contributed by atoms with Gasteiger partial charge in [-0.25, -0.2) is 4.98 Å². The highest BCUT2D eigenvalue weighted by Crippen LogP contribution is 2.24. The number of amides is 1. The van der Waals surface area contributed by atoms with E-state index in [0.29, 0.717) is 29.2 Å². The van der Waals surface area contributed by atoms with E-state index >= 15 is 0 Å². The number of nitrogens with zero attached hydrogens (tertiary/aromatic N) is 3. The molecule has 1 aromatic carbocycles. The molecule has 8 heteroatoms. The van der Waals surface area contributed by atoms with Crippen LogP contribution in [0.25, 0.3) is 11.4 Å². The minimum atomic E-state index is -0.315. The lowest BCUT2D eigenvalue weighted by Gasteiger charge is -2.30. The monoisotopic (exact) mass is 449 g/mol. The molecule has 2 aromatic heterocycles. The zero-order chi connectivity index (χ0) is 23.8. The molecule has 3 aromatic rings. The Hall–Kier alpha value is -3.52. The van der Waals surface area contributed by atoms with Crippen LogP contribution in [0.1, 0.15) is 36.7 Å². The van der Waals surface area contributed by atoms with Gasteiger partial charge in [-0.15, -0.1) is 0 Å². The molecule has 0 spiro atoms. The smallest absolute Gasteiger partial charge is 0.255 e. The number of pyridine rings is 1. The lowest BCUT2D eigenvalue weighted by molar-refractivity contribution is -0.120. The molecule has 0 saturated carbocycles. The minimum absolute atomic E-state index is 0.00971. The largest absolute Gasteiger partial charge is 0.497 e. The molecule has 8 nitrogen and oxygen atoms in total. The van der Waals surface area contributed by atoms with Crippen LogP contribution >= 0.6 is 0 Å². The maximum Gasteiger partial charge on any atom is 0.255 e. The van der Waals surface area contributed by atoms with Crippen molar-refractivity contribution in [3.63, 3.8) is 0 Å². The summed E-state index contributed by atoms with van der Waals surface area (Å²) in [5.74, 6) is 0.992. The Bertz CT molecular complexity index is 1130. The second-order valence-corrected chi connectivity index (χ2v) is 7.71. The van der Waals surface area contributed by atoms with Crippen LogP contribution in [0.15, 0.2) is 53.6 Å². The molecule has 33 heavy (non-hydrogen) atoms. The van der Waals surface area contributed by atoms with Crippen LogP contribution in [0.4, 0.5) is 0 Å². The SMILES string of the molecule is CCN(CC)C(CNC(=O)Cc1c(C)nc(-c2cccnc2)[nH]c1=O)c1cccc(OC)c1. The quantitative estimate of drug-likeness (QED) is 0.494. The molecule has 1 amide bonds. The second-order valence-electron chi connectivity index (χ2n) is 7.71. The Morgan fingerprint density at radius 3 is 2.64 bits per heavy atom. The molecule has 2 heterocycles. The molecule has 0 aliphatic carbocycles. The van der Waals surface area contributed by atoms with E-state index in [-0.39, 0.29) is 23.9 Å². The number of hydrogen-bond acceptors (Lipinski definition) is 6. The number of likely N-dealkylation sites (N-methyl/N-ethyl adjacent to an activating group) is 1. The van der Waals surface area contributed by atoms with E-state index in [9.17, 15) is 9.59 Å². The van der Waals surface area contributed by atoms with Crippen LogP contribution < -0.4 is 15.6 Å². The van der Waals surface area contributed by atoms with Gasteiger partial charge in [0, 0.05) is 35.8 Å². The van der Waals surface area contributed by atoms with E-state index in [1.807, 2.05) is 30.3 Å². The zero-order valence-electron chi connectivity index (χ0n) is 19.6. The van der Waals surface area contributed by atoms with Gasteiger partial charge < -0.3 is 15.0 Å². The van der Waals surface area contributed by atoms with Gasteiger partial charge in [-0.05, 0) is 49.8 Å². The van der Waals surface area contributed by atoms with Crippen molar-refractivity contribution in [3.8, 4) is 17.1 Å². The number of rotatable bonds is 10. The van der Waals surface area contributed by atoms with Gasteiger partial charge in [0.1, 0.15) is 11.6 Å². The van der Waals surface area contributed by atoms with Gasteiger partial charge in [0.25, 0.3) is 5.56 Å². The number of carbonyl (C=O) groups is 1. The molecule has 0 bridgehead atoms. The Labute approximate surface area is 194 Å². The third-order valence-corrected chi connectivity index (χ3v) is 5.72. The van der Waals surface area contributed by atoms with Crippen LogP contribution in [0.2, 0.25) is 0 Å². The zero-order valence-corrected chi connectivity index (χ0v) is 19.6. The van der Waals surface area contributed by atoms with E-state index in [2.05, 4.69) is 39.0 Å². The predicted octanol–water partition coefficient (Wildman–Crippen LogP) is 2.89. The van der Waals surface area contributed by atoms with Crippen LogP contribution in [0.5, 0.6) is 5.75 Å². The number of aromatic amines is 1. The summed E-state index contributed by atoms with van der Waals surface area (Å²) < 4.78 is 5.37. The average molecular weight is 450 g/mol. The number of nitrogens with one attached hydrogen (secondary N) is 2. The standard InChI is InChI=1S/C25H31N5O3/c1-5-30(6-2)22(18-9-7-11-20(13-18)33-4)16-27-23(31)14-21-17(3)28-24(29-25(21)32)19-10-8-12-26-15-19/h7-13,15,22H,5-6,14,16H2,1-4H3,(H,27,31)(H,28,29,32). The summed E-state index contributed by atoms with van der Waals surface area (Å²) in [6, 6.07) is 11.5. The first kappa shape index (κ1) is 24.1. The van der Waals surface area contributed by atoms with Gasteiger partial charge in [0.15, 0.2) is 0 Å². The van der Waals surface area contributed by atoms with Gasteiger partial charge in [-0.1, -0.05) is 26.0 Å². The molecule has 0 saturated heterocycles. The molecule has 0 aliphatic rings. The molecule has 1 unspecified atom stereocenters. The summed E-state index contributed by atoms with van der Waals surface area (Å²) in [6.07, 6.45) is 3.25. The summed E-state index contributed by atoms with van der Waals surface area (Å²) in [6.45, 7) is 8.03. The third kappa shape index (κ3) is 6.04. The first-order chi connectivity index (χ1) is 16.0. The Morgan fingerprint density at radius 2 is 2.00 bits per heavy atom. The van der Waals surface area contributed by atoms with Gasteiger partial charge in [0.05, 0.1) is 19.6 Å². The average Bonchev–Trinajstić information content (AvgIpc) is 2.84. The van der Waals surface area contributed by atoms with Gasteiger partial charge in [-0.3, -0.25) is 19.5 Å². The molecule has 174 valence electrons. The molecule has 2 N–H and O–H groups in total. The first-order valence-corrected chi connectivity index (χ1v) is 11.1. The van der Waals surface area contributed by atoms with Crippen molar-refractivity contribution in [2.75, 3.05) is 26.7 Å². The highest BCUT2D eigenvalue weighted by molar-refractivity contribution is 5.78. The number of aryl methyl sites for hydroxylation is 1. The Balaban J connectivity index is 1.74. The predicted molar refractivity (Wildman–Crippen MR) is 128 cm³/mol. The highest BCUT2D eigenvalue weighted by Gasteiger charge is 2.20. The lowest BCUT2D eigenvalue weighted by atomic mass is 10.0. The number of hydrogen-bond donors (Lipinski definition) is 2. The summed E-state index contributed by atoms with van der Waals surface area (Å²) >= 11 is 0.